The molecule has 0 amide bonds. The summed E-state index contributed by atoms with van der Waals surface area (Å²) in [4.78, 5) is 8.49. The Morgan fingerprint density at radius 1 is 1.00 bits per heavy atom. The van der Waals surface area contributed by atoms with Crippen LogP contribution in [0.2, 0.25) is 0 Å². The highest BCUT2D eigenvalue weighted by atomic mass is 16.3. The van der Waals surface area contributed by atoms with E-state index >= 15 is 0 Å². The average Bonchev–Trinajstić information content (AvgIpc) is 2.90. The second-order valence-corrected chi connectivity index (χ2v) is 3.74. The molecule has 0 radical (unpaired) electrons. The van der Waals surface area contributed by atoms with Crippen molar-refractivity contribution in [1.82, 2.24) is 20.2 Å². The Kier molecular flexibility index (Phi) is 2.49. The van der Waals surface area contributed by atoms with Crippen LogP contribution in [-0.4, -0.2) is 25.3 Å². The number of rotatable bonds is 2. The van der Waals surface area contributed by atoms with Crippen LogP contribution in [0.25, 0.3) is 22.9 Å². The molecule has 0 atom stereocenters. The van der Waals surface area contributed by atoms with Crippen molar-refractivity contribution in [2.24, 2.45) is 0 Å². The largest absolute Gasteiger partial charge is 0.507 e. The van der Waals surface area contributed by atoms with Crippen molar-refractivity contribution in [1.29, 1.82) is 0 Å². The summed E-state index contributed by atoms with van der Waals surface area (Å²) in [6.45, 7) is 0. The molecule has 0 saturated carbocycles. The normalized spacial score (nSPS) is 10.4. The van der Waals surface area contributed by atoms with Crippen LogP contribution in [0.15, 0.2) is 48.7 Å². The topological polar surface area (TPSA) is 74.7 Å². The molecule has 0 unspecified atom stereocenters. The second kappa shape index (κ2) is 4.29. The lowest BCUT2D eigenvalue weighted by atomic mass is 10.2. The number of aromatic nitrogens is 4. The number of para-hydroxylation sites is 1. The van der Waals surface area contributed by atoms with E-state index in [1.165, 1.54) is 0 Å². The minimum absolute atomic E-state index is 0.168. The highest BCUT2D eigenvalue weighted by Gasteiger charge is 2.10. The summed E-state index contributed by atoms with van der Waals surface area (Å²) < 4.78 is 0. The molecule has 3 rings (SSSR count). The number of pyridine rings is 1. The zero-order valence-corrected chi connectivity index (χ0v) is 9.41. The van der Waals surface area contributed by atoms with Crippen LogP contribution in [-0.2, 0) is 0 Å². The van der Waals surface area contributed by atoms with Crippen LogP contribution >= 0.6 is 0 Å². The monoisotopic (exact) mass is 238 g/mol. The van der Waals surface area contributed by atoms with Gasteiger partial charge in [0.1, 0.15) is 11.4 Å². The van der Waals surface area contributed by atoms with Crippen molar-refractivity contribution < 1.29 is 5.11 Å². The number of phenols is 1. The lowest BCUT2D eigenvalue weighted by molar-refractivity contribution is 0.477. The predicted octanol–water partition coefficient (Wildman–Crippen LogP) is 2.24. The van der Waals surface area contributed by atoms with Crippen molar-refractivity contribution in [3.8, 4) is 28.7 Å². The molecule has 0 fully saturated rings. The zero-order valence-electron chi connectivity index (χ0n) is 9.41. The summed E-state index contributed by atoms with van der Waals surface area (Å²) in [5.41, 5.74) is 1.31. The molecule has 0 aliphatic heterocycles. The molecule has 5 nitrogen and oxygen atoms in total. The number of nitrogens with one attached hydrogen (secondary N) is 1. The molecule has 3 aromatic rings. The van der Waals surface area contributed by atoms with E-state index in [0.717, 1.165) is 0 Å². The molecule has 18 heavy (non-hydrogen) atoms. The first-order valence-electron chi connectivity index (χ1n) is 5.47. The van der Waals surface area contributed by atoms with Gasteiger partial charge in [0, 0.05) is 6.20 Å². The SMILES string of the molecule is Oc1ccccc1-c1nc(-c2ccccn2)n[nH]1. The highest BCUT2D eigenvalue weighted by molar-refractivity contribution is 5.65. The molecule has 0 aliphatic carbocycles. The van der Waals surface area contributed by atoms with E-state index in [2.05, 4.69) is 20.2 Å². The molecule has 1 aromatic carbocycles. The maximum absolute atomic E-state index is 9.74. The zero-order chi connectivity index (χ0) is 12.4. The van der Waals surface area contributed by atoms with E-state index in [1.54, 1.807) is 24.4 Å². The van der Waals surface area contributed by atoms with E-state index in [1.807, 2.05) is 24.3 Å². The number of nitrogens with zero attached hydrogens (tertiary/aromatic N) is 3. The number of phenolic OH excluding ortho intramolecular Hbond substituents is 1. The fourth-order valence-corrected chi connectivity index (χ4v) is 1.67. The maximum atomic E-state index is 9.74. The van der Waals surface area contributed by atoms with E-state index < -0.39 is 0 Å². The van der Waals surface area contributed by atoms with Crippen molar-refractivity contribution in [3.63, 3.8) is 0 Å². The van der Waals surface area contributed by atoms with Crippen molar-refractivity contribution in [3.05, 3.63) is 48.7 Å². The first-order valence-corrected chi connectivity index (χ1v) is 5.47. The number of H-pyrrole nitrogens is 1. The van der Waals surface area contributed by atoms with Crippen LogP contribution in [0.3, 0.4) is 0 Å². The standard InChI is InChI=1S/C13H10N4O/c18-11-7-2-1-5-9(11)12-15-13(17-16-12)10-6-3-4-8-14-10/h1-8,18H,(H,15,16,17). The third-order valence-electron chi connectivity index (χ3n) is 2.54. The molecule has 0 spiro atoms. The minimum Gasteiger partial charge on any atom is -0.507 e. The molecular weight excluding hydrogens is 228 g/mol. The molecule has 5 heteroatoms. The molecule has 2 heterocycles. The Morgan fingerprint density at radius 2 is 1.83 bits per heavy atom. The van der Waals surface area contributed by atoms with Gasteiger partial charge in [-0.25, -0.2) is 4.98 Å². The van der Waals surface area contributed by atoms with E-state index in [9.17, 15) is 5.11 Å². The number of benzene rings is 1. The Morgan fingerprint density at radius 3 is 2.61 bits per heavy atom. The summed E-state index contributed by atoms with van der Waals surface area (Å²) in [7, 11) is 0. The van der Waals surface area contributed by atoms with Gasteiger partial charge in [0.05, 0.1) is 5.56 Å². The summed E-state index contributed by atoms with van der Waals surface area (Å²) >= 11 is 0. The molecule has 88 valence electrons. The van der Waals surface area contributed by atoms with Gasteiger partial charge < -0.3 is 5.11 Å². The van der Waals surface area contributed by atoms with Gasteiger partial charge in [-0.2, -0.15) is 5.10 Å². The van der Waals surface area contributed by atoms with Crippen LogP contribution in [0, 0.1) is 0 Å². The van der Waals surface area contributed by atoms with Crippen LogP contribution in [0.5, 0.6) is 5.75 Å². The van der Waals surface area contributed by atoms with E-state index in [-0.39, 0.29) is 5.75 Å². The van der Waals surface area contributed by atoms with Crippen LogP contribution in [0.1, 0.15) is 0 Å². The Hall–Kier alpha value is -2.69. The molecule has 2 aromatic heterocycles. The predicted molar refractivity (Wildman–Crippen MR) is 66.7 cm³/mol. The molecule has 0 bridgehead atoms. The molecule has 0 aliphatic rings. The van der Waals surface area contributed by atoms with Crippen LogP contribution < -0.4 is 0 Å². The lowest BCUT2D eigenvalue weighted by Gasteiger charge is -1.98. The van der Waals surface area contributed by atoms with Gasteiger partial charge in [0.25, 0.3) is 0 Å². The smallest absolute Gasteiger partial charge is 0.200 e. The van der Waals surface area contributed by atoms with Crippen molar-refractivity contribution >= 4 is 0 Å². The van der Waals surface area contributed by atoms with Gasteiger partial charge in [0.2, 0.25) is 0 Å². The summed E-state index contributed by atoms with van der Waals surface area (Å²) in [6.07, 6.45) is 1.69. The third-order valence-corrected chi connectivity index (χ3v) is 2.54. The maximum Gasteiger partial charge on any atom is 0.200 e. The van der Waals surface area contributed by atoms with E-state index in [4.69, 9.17) is 0 Å². The van der Waals surface area contributed by atoms with Gasteiger partial charge in [-0.3, -0.25) is 10.1 Å². The number of aromatic hydroxyl groups is 1. The highest BCUT2D eigenvalue weighted by Crippen LogP contribution is 2.26. The van der Waals surface area contributed by atoms with Crippen molar-refractivity contribution in [2.75, 3.05) is 0 Å². The lowest BCUT2D eigenvalue weighted by Crippen LogP contribution is -1.84. The van der Waals surface area contributed by atoms with Gasteiger partial charge in [-0.05, 0) is 24.3 Å². The fraction of sp³-hybridized carbons (Fsp3) is 0. The average molecular weight is 238 g/mol. The minimum atomic E-state index is 0.168. The summed E-state index contributed by atoms with van der Waals surface area (Å²) in [5.74, 6) is 1.20. The van der Waals surface area contributed by atoms with Gasteiger partial charge in [-0.1, -0.05) is 18.2 Å². The molecule has 2 N–H and O–H groups in total. The number of hydrogen-bond acceptors (Lipinski definition) is 4. The Balaban J connectivity index is 2.03. The number of aromatic amines is 1. The molecule has 0 saturated heterocycles. The van der Waals surface area contributed by atoms with Crippen molar-refractivity contribution in [2.45, 2.75) is 0 Å². The first kappa shape index (κ1) is 10.5. The number of hydrogen-bond donors (Lipinski definition) is 2. The fourth-order valence-electron chi connectivity index (χ4n) is 1.67. The molecular formula is C13H10N4O. The van der Waals surface area contributed by atoms with Gasteiger partial charge in [-0.15, -0.1) is 0 Å². The van der Waals surface area contributed by atoms with E-state index in [0.29, 0.717) is 22.9 Å². The summed E-state index contributed by atoms with van der Waals surface area (Å²) in [6, 6.07) is 12.5. The summed E-state index contributed by atoms with van der Waals surface area (Å²) in [5, 5.41) is 16.6. The first-order chi connectivity index (χ1) is 8.84. The Bertz CT molecular complexity index is 664. The van der Waals surface area contributed by atoms with Crippen LogP contribution in [0.4, 0.5) is 0 Å². The second-order valence-electron chi connectivity index (χ2n) is 3.74. The quantitative estimate of drug-likeness (QED) is 0.718. The third kappa shape index (κ3) is 1.82. The van der Waals surface area contributed by atoms with Gasteiger partial charge >= 0.3 is 0 Å². The Labute approximate surface area is 103 Å². The van der Waals surface area contributed by atoms with Gasteiger partial charge in [0.15, 0.2) is 11.6 Å².